The van der Waals surface area contributed by atoms with Gasteiger partial charge in [0, 0.05) is 0 Å². The van der Waals surface area contributed by atoms with E-state index in [0.29, 0.717) is 17.2 Å². The van der Waals surface area contributed by atoms with E-state index < -0.39 is 0 Å². The lowest BCUT2D eigenvalue weighted by Gasteiger charge is -2.35. The van der Waals surface area contributed by atoms with E-state index >= 15 is 0 Å². The summed E-state index contributed by atoms with van der Waals surface area (Å²) in [5, 5.41) is 9.31. The molecule has 0 N–H and O–H groups in total. The van der Waals surface area contributed by atoms with Crippen LogP contribution >= 0.6 is 0 Å². The molecule has 1 aromatic rings. The molecule has 0 bridgehead atoms. The molecule has 4 heteroatoms. The van der Waals surface area contributed by atoms with Gasteiger partial charge in [-0.25, -0.2) is 0 Å². The van der Waals surface area contributed by atoms with Gasteiger partial charge in [-0.3, -0.25) is 0 Å². The van der Waals surface area contributed by atoms with Crippen LogP contribution in [0.1, 0.15) is 24.8 Å². The van der Waals surface area contributed by atoms with Crippen molar-refractivity contribution in [1.29, 1.82) is 5.26 Å². The second-order valence-electron chi connectivity index (χ2n) is 4.96. The number of benzene rings is 1. The highest BCUT2D eigenvalue weighted by Crippen LogP contribution is 2.45. The minimum absolute atomic E-state index is 0.204. The summed E-state index contributed by atoms with van der Waals surface area (Å²) in [5.74, 6) is 1.88. The third-order valence-electron chi connectivity index (χ3n) is 3.81. The molecule has 0 spiro atoms. The highest BCUT2D eigenvalue weighted by molar-refractivity contribution is 5.54. The van der Waals surface area contributed by atoms with E-state index in [1.165, 1.54) is 0 Å². The molecule has 1 aliphatic carbocycles. The van der Waals surface area contributed by atoms with Crippen LogP contribution in [0.2, 0.25) is 0 Å². The number of methoxy groups -OCH3 is 3. The molecule has 0 aliphatic heterocycles. The van der Waals surface area contributed by atoms with Gasteiger partial charge in [-0.15, -0.1) is 0 Å². The van der Waals surface area contributed by atoms with Crippen molar-refractivity contribution < 1.29 is 14.2 Å². The summed E-state index contributed by atoms with van der Waals surface area (Å²) >= 11 is 0. The van der Waals surface area contributed by atoms with Crippen molar-refractivity contribution in [1.82, 2.24) is 0 Å². The smallest absolute Gasteiger partial charge is 0.203 e. The average Bonchev–Trinajstić information content (AvgIpc) is 2.41. The molecule has 19 heavy (non-hydrogen) atoms. The molecule has 1 fully saturated rings. The number of hydrogen-bond acceptors (Lipinski definition) is 4. The van der Waals surface area contributed by atoms with Gasteiger partial charge >= 0.3 is 0 Å². The molecule has 0 radical (unpaired) electrons. The zero-order chi connectivity index (χ0) is 13.9. The van der Waals surface area contributed by atoms with Gasteiger partial charge < -0.3 is 14.2 Å². The van der Waals surface area contributed by atoms with Crippen LogP contribution in [0.25, 0.3) is 0 Å². The molecule has 1 aliphatic rings. The van der Waals surface area contributed by atoms with Crippen molar-refractivity contribution in [2.45, 2.75) is 25.7 Å². The Bertz CT molecular complexity index is 476. The minimum Gasteiger partial charge on any atom is -0.493 e. The molecule has 0 heterocycles. The summed E-state index contributed by atoms with van der Waals surface area (Å²) in [6.07, 6.45) is 3.82. The van der Waals surface area contributed by atoms with Crippen LogP contribution < -0.4 is 14.2 Å². The van der Waals surface area contributed by atoms with Gasteiger partial charge in [-0.2, -0.15) is 5.26 Å². The third-order valence-corrected chi connectivity index (χ3v) is 3.81. The van der Waals surface area contributed by atoms with Gasteiger partial charge in [-0.1, -0.05) is 6.42 Å². The predicted molar refractivity (Wildman–Crippen MR) is 71.7 cm³/mol. The van der Waals surface area contributed by atoms with Gasteiger partial charge in [-0.05, 0) is 37.0 Å². The molecule has 102 valence electrons. The third kappa shape index (κ3) is 2.46. The van der Waals surface area contributed by atoms with Crippen LogP contribution in [0.5, 0.6) is 17.2 Å². The van der Waals surface area contributed by atoms with Crippen LogP contribution in [0, 0.1) is 16.7 Å². The first kappa shape index (κ1) is 13.5. The lowest BCUT2D eigenvalue weighted by atomic mass is 9.66. The number of nitriles is 1. The second-order valence-corrected chi connectivity index (χ2v) is 4.96. The van der Waals surface area contributed by atoms with Crippen LogP contribution in [-0.4, -0.2) is 21.3 Å². The standard InChI is InChI=1S/C15H19NO3/c1-17-12-7-11(8-13(18-2)14(12)19-3)9-15(10-16)5-4-6-15/h7-8H,4-6,9H2,1-3H3. The van der Waals surface area contributed by atoms with Crippen molar-refractivity contribution in [3.63, 3.8) is 0 Å². The molecular weight excluding hydrogens is 242 g/mol. The molecule has 4 nitrogen and oxygen atoms in total. The first-order valence-corrected chi connectivity index (χ1v) is 6.38. The molecular formula is C15H19NO3. The largest absolute Gasteiger partial charge is 0.493 e. The van der Waals surface area contributed by atoms with Crippen molar-refractivity contribution >= 4 is 0 Å². The molecule has 2 rings (SSSR count). The Balaban J connectivity index is 2.34. The Morgan fingerprint density at radius 3 is 2.00 bits per heavy atom. The average molecular weight is 261 g/mol. The molecule has 0 aromatic heterocycles. The summed E-state index contributed by atoms with van der Waals surface area (Å²) in [4.78, 5) is 0. The number of nitrogens with zero attached hydrogens (tertiary/aromatic N) is 1. The molecule has 0 saturated heterocycles. The Morgan fingerprint density at radius 2 is 1.68 bits per heavy atom. The second kappa shape index (κ2) is 5.40. The fourth-order valence-corrected chi connectivity index (χ4v) is 2.56. The lowest BCUT2D eigenvalue weighted by Crippen LogP contribution is -2.29. The fourth-order valence-electron chi connectivity index (χ4n) is 2.56. The van der Waals surface area contributed by atoms with E-state index in [-0.39, 0.29) is 5.41 Å². The first-order valence-electron chi connectivity index (χ1n) is 6.38. The lowest BCUT2D eigenvalue weighted by molar-refractivity contribution is 0.213. The quantitative estimate of drug-likeness (QED) is 0.817. The summed E-state index contributed by atoms with van der Waals surface area (Å²) < 4.78 is 16.0. The van der Waals surface area contributed by atoms with Gasteiger partial charge in [0.25, 0.3) is 0 Å². The first-order chi connectivity index (χ1) is 9.18. The monoisotopic (exact) mass is 261 g/mol. The fraction of sp³-hybridized carbons (Fsp3) is 0.533. The number of rotatable bonds is 5. The molecule has 0 atom stereocenters. The minimum atomic E-state index is -0.204. The summed E-state index contributed by atoms with van der Waals surface area (Å²) in [6.45, 7) is 0. The summed E-state index contributed by atoms with van der Waals surface area (Å²) in [5.41, 5.74) is 0.848. The van der Waals surface area contributed by atoms with E-state index in [1.54, 1.807) is 21.3 Å². The van der Waals surface area contributed by atoms with Gasteiger partial charge in [0.15, 0.2) is 11.5 Å². The van der Waals surface area contributed by atoms with Gasteiger partial charge in [0.2, 0.25) is 5.75 Å². The topological polar surface area (TPSA) is 51.5 Å². The van der Waals surface area contributed by atoms with Crippen molar-refractivity contribution in [3.05, 3.63) is 17.7 Å². The number of hydrogen-bond donors (Lipinski definition) is 0. The van der Waals surface area contributed by atoms with Crippen LogP contribution in [0.3, 0.4) is 0 Å². The zero-order valence-corrected chi connectivity index (χ0v) is 11.7. The van der Waals surface area contributed by atoms with E-state index in [1.807, 2.05) is 12.1 Å². The van der Waals surface area contributed by atoms with Crippen LogP contribution in [0.15, 0.2) is 12.1 Å². The van der Waals surface area contributed by atoms with Crippen LogP contribution in [0.4, 0.5) is 0 Å². The van der Waals surface area contributed by atoms with Crippen molar-refractivity contribution in [2.24, 2.45) is 5.41 Å². The molecule has 1 aromatic carbocycles. The Kier molecular flexibility index (Phi) is 3.84. The predicted octanol–water partition coefficient (Wildman–Crippen LogP) is 2.95. The SMILES string of the molecule is COc1cc(CC2(C#N)CCC2)cc(OC)c1OC. The zero-order valence-electron chi connectivity index (χ0n) is 11.7. The summed E-state index contributed by atoms with van der Waals surface area (Å²) in [6, 6.07) is 6.31. The van der Waals surface area contributed by atoms with E-state index in [2.05, 4.69) is 6.07 Å². The Hall–Kier alpha value is -1.89. The number of ether oxygens (including phenoxy) is 3. The van der Waals surface area contributed by atoms with Gasteiger partial charge in [0.1, 0.15) is 0 Å². The maximum absolute atomic E-state index is 9.31. The Labute approximate surface area is 113 Å². The van der Waals surface area contributed by atoms with Crippen LogP contribution in [-0.2, 0) is 6.42 Å². The highest BCUT2D eigenvalue weighted by atomic mass is 16.5. The molecule has 1 saturated carbocycles. The molecule has 0 unspecified atom stereocenters. The van der Waals surface area contributed by atoms with E-state index in [9.17, 15) is 5.26 Å². The van der Waals surface area contributed by atoms with Gasteiger partial charge in [0.05, 0.1) is 32.8 Å². The Morgan fingerprint density at radius 1 is 1.11 bits per heavy atom. The van der Waals surface area contributed by atoms with Crippen molar-refractivity contribution in [2.75, 3.05) is 21.3 Å². The van der Waals surface area contributed by atoms with E-state index in [4.69, 9.17) is 14.2 Å². The van der Waals surface area contributed by atoms with E-state index in [0.717, 1.165) is 31.2 Å². The maximum Gasteiger partial charge on any atom is 0.203 e. The summed E-state index contributed by atoms with van der Waals surface area (Å²) in [7, 11) is 4.79. The normalized spacial score (nSPS) is 16.1. The van der Waals surface area contributed by atoms with Crippen molar-refractivity contribution in [3.8, 4) is 23.3 Å². The highest BCUT2D eigenvalue weighted by Gasteiger charge is 2.37. The maximum atomic E-state index is 9.31. The molecule has 0 amide bonds.